The third-order valence-electron chi connectivity index (χ3n) is 3.84. The molecule has 0 radical (unpaired) electrons. The highest BCUT2D eigenvalue weighted by Crippen LogP contribution is 2.28. The van der Waals surface area contributed by atoms with Gasteiger partial charge in [-0.3, -0.25) is 4.79 Å². The molecule has 1 aromatic carbocycles. The largest absolute Gasteiger partial charge is 0.481 e. The summed E-state index contributed by atoms with van der Waals surface area (Å²) < 4.78 is 5.18. The molecule has 128 valence electrons. The second kappa shape index (κ2) is 7.99. The molecule has 23 heavy (non-hydrogen) atoms. The van der Waals surface area contributed by atoms with E-state index in [4.69, 9.17) is 4.74 Å². The Bertz CT molecular complexity index is 522. The fraction of sp³-hybridized carbons (Fsp3) is 0.556. The predicted molar refractivity (Wildman–Crippen MR) is 89.4 cm³/mol. The molecule has 0 aliphatic heterocycles. The zero-order chi connectivity index (χ0) is 17.5. The molecular weight excluding hydrogens is 294 g/mol. The van der Waals surface area contributed by atoms with Crippen LogP contribution in [0.4, 0.5) is 4.79 Å². The Balaban J connectivity index is 2.70. The minimum absolute atomic E-state index is 0.0561. The first-order valence-electron chi connectivity index (χ1n) is 7.93. The summed E-state index contributed by atoms with van der Waals surface area (Å²) in [5, 5.41) is 12.3. The summed E-state index contributed by atoms with van der Waals surface area (Å²) in [6.45, 7) is 7.20. The van der Waals surface area contributed by atoms with E-state index in [0.29, 0.717) is 19.3 Å². The van der Waals surface area contributed by atoms with Gasteiger partial charge in [0.15, 0.2) is 0 Å². The van der Waals surface area contributed by atoms with Crippen molar-refractivity contribution in [3.63, 3.8) is 0 Å². The first kappa shape index (κ1) is 19.0. The van der Waals surface area contributed by atoms with Crippen molar-refractivity contribution in [1.82, 2.24) is 5.32 Å². The van der Waals surface area contributed by atoms with Crippen molar-refractivity contribution >= 4 is 12.1 Å². The Morgan fingerprint density at radius 1 is 1.17 bits per heavy atom. The second-order valence-electron chi connectivity index (χ2n) is 6.78. The van der Waals surface area contributed by atoms with Gasteiger partial charge in [0, 0.05) is 6.54 Å². The van der Waals surface area contributed by atoms with Crippen LogP contribution in [0, 0.1) is 5.41 Å². The Hall–Kier alpha value is -2.04. The first-order chi connectivity index (χ1) is 10.7. The summed E-state index contributed by atoms with van der Waals surface area (Å²) in [6.07, 6.45) is 0.955. The molecule has 0 heterocycles. The van der Waals surface area contributed by atoms with Gasteiger partial charge >= 0.3 is 12.1 Å². The number of benzene rings is 1. The molecule has 0 saturated carbocycles. The topological polar surface area (TPSA) is 75.6 Å². The fourth-order valence-electron chi connectivity index (χ4n) is 2.31. The van der Waals surface area contributed by atoms with E-state index in [1.807, 2.05) is 37.3 Å². The van der Waals surface area contributed by atoms with Crippen LogP contribution in [-0.4, -0.2) is 29.3 Å². The molecule has 1 rings (SSSR count). The molecule has 1 unspecified atom stereocenters. The van der Waals surface area contributed by atoms with Crippen molar-refractivity contribution in [2.75, 3.05) is 6.54 Å². The summed E-state index contributed by atoms with van der Waals surface area (Å²) in [5.74, 6) is -0.896. The molecule has 0 fully saturated rings. The minimum atomic E-state index is -0.993. The zero-order valence-electron chi connectivity index (χ0n) is 14.4. The molecule has 5 nitrogen and oxygen atoms in total. The number of hydrogen-bond donors (Lipinski definition) is 2. The number of aryl methyl sites for hydroxylation is 1. The maximum absolute atomic E-state index is 11.8. The Labute approximate surface area is 138 Å². The Kier molecular flexibility index (Phi) is 6.61. The van der Waals surface area contributed by atoms with Gasteiger partial charge in [-0.15, -0.1) is 0 Å². The third kappa shape index (κ3) is 6.30. The highest BCUT2D eigenvalue weighted by molar-refractivity contribution is 5.76. The van der Waals surface area contributed by atoms with Crippen LogP contribution >= 0.6 is 0 Å². The van der Waals surface area contributed by atoms with E-state index in [0.717, 1.165) is 5.56 Å². The molecular formula is C18H27NO4. The van der Waals surface area contributed by atoms with E-state index >= 15 is 0 Å². The number of ether oxygens (including phenoxy) is 1. The summed E-state index contributed by atoms with van der Waals surface area (Å²) in [5.41, 5.74) is -0.511. The van der Waals surface area contributed by atoms with E-state index < -0.39 is 23.1 Å². The van der Waals surface area contributed by atoms with Crippen LogP contribution in [0.3, 0.4) is 0 Å². The van der Waals surface area contributed by atoms with Gasteiger partial charge in [-0.05, 0) is 45.6 Å². The lowest BCUT2D eigenvalue weighted by molar-refractivity contribution is -0.149. The second-order valence-corrected chi connectivity index (χ2v) is 6.78. The third-order valence-corrected chi connectivity index (χ3v) is 3.84. The molecule has 1 aromatic rings. The highest BCUT2D eigenvalue weighted by Gasteiger charge is 2.37. The van der Waals surface area contributed by atoms with Crippen LogP contribution in [0.15, 0.2) is 30.3 Å². The normalized spacial score (nSPS) is 13.9. The number of alkyl carbamates (subject to hydrolysis) is 1. The van der Waals surface area contributed by atoms with Gasteiger partial charge in [-0.25, -0.2) is 4.79 Å². The van der Waals surface area contributed by atoms with Crippen molar-refractivity contribution in [3.8, 4) is 0 Å². The van der Waals surface area contributed by atoms with Crippen molar-refractivity contribution in [2.24, 2.45) is 5.41 Å². The van der Waals surface area contributed by atoms with Crippen molar-refractivity contribution in [1.29, 1.82) is 0 Å². The quantitative estimate of drug-likeness (QED) is 0.804. The van der Waals surface area contributed by atoms with Crippen molar-refractivity contribution in [3.05, 3.63) is 35.9 Å². The number of carboxylic acids is 1. The highest BCUT2D eigenvalue weighted by atomic mass is 16.6. The number of amides is 1. The van der Waals surface area contributed by atoms with Crippen LogP contribution in [0.5, 0.6) is 0 Å². The van der Waals surface area contributed by atoms with Crippen LogP contribution in [0.1, 0.15) is 46.1 Å². The van der Waals surface area contributed by atoms with Gasteiger partial charge < -0.3 is 15.2 Å². The SMILES string of the molecule is CCC(CCc1ccccc1)(CNC(=O)OC(C)(C)C)C(=O)O. The minimum Gasteiger partial charge on any atom is -0.481 e. The maximum atomic E-state index is 11.8. The number of nitrogens with one attached hydrogen (secondary N) is 1. The van der Waals surface area contributed by atoms with Crippen LogP contribution in [-0.2, 0) is 16.0 Å². The maximum Gasteiger partial charge on any atom is 0.407 e. The molecule has 0 saturated heterocycles. The zero-order valence-corrected chi connectivity index (χ0v) is 14.4. The number of aliphatic carboxylic acids is 1. The monoisotopic (exact) mass is 321 g/mol. The Morgan fingerprint density at radius 3 is 2.26 bits per heavy atom. The molecule has 0 spiro atoms. The molecule has 5 heteroatoms. The van der Waals surface area contributed by atoms with Gasteiger partial charge in [0.05, 0.1) is 5.41 Å². The number of carbonyl (C=O) groups excluding carboxylic acids is 1. The standard InChI is InChI=1S/C18H27NO4/c1-5-18(15(20)21,12-11-14-9-7-6-8-10-14)13-19-16(22)23-17(2,3)4/h6-10H,5,11-13H2,1-4H3,(H,19,22)(H,20,21). The molecule has 0 bridgehead atoms. The van der Waals surface area contributed by atoms with E-state index in [-0.39, 0.29) is 6.54 Å². The lowest BCUT2D eigenvalue weighted by atomic mass is 9.79. The summed E-state index contributed by atoms with van der Waals surface area (Å²) in [6, 6.07) is 9.75. The van der Waals surface area contributed by atoms with E-state index in [9.17, 15) is 14.7 Å². The predicted octanol–water partition coefficient (Wildman–Crippen LogP) is 3.62. The van der Waals surface area contributed by atoms with Crippen molar-refractivity contribution < 1.29 is 19.4 Å². The van der Waals surface area contributed by atoms with Gasteiger partial charge in [0.1, 0.15) is 5.60 Å². The summed E-state index contributed by atoms with van der Waals surface area (Å²) in [4.78, 5) is 23.6. The average molecular weight is 321 g/mol. The molecule has 0 aliphatic carbocycles. The number of carboxylic acid groups (broad SMARTS) is 1. The lowest BCUT2D eigenvalue weighted by Crippen LogP contribution is -2.44. The summed E-state index contributed by atoms with van der Waals surface area (Å²) in [7, 11) is 0. The van der Waals surface area contributed by atoms with Crippen LogP contribution in [0.2, 0.25) is 0 Å². The molecule has 1 amide bonds. The van der Waals surface area contributed by atoms with Gasteiger partial charge in [-0.1, -0.05) is 37.3 Å². The molecule has 0 aliphatic rings. The van der Waals surface area contributed by atoms with Crippen LogP contribution < -0.4 is 5.32 Å². The lowest BCUT2D eigenvalue weighted by Gasteiger charge is -2.29. The molecule has 0 aromatic heterocycles. The average Bonchev–Trinajstić information content (AvgIpc) is 2.47. The van der Waals surface area contributed by atoms with Crippen molar-refractivity contribution in [2.45, 2.75) is 52.6 Å². The Morgan fingerprint density at radius 2 is 1.78 bits per heavy atom. The van der Waals surface area contributed by atoms with Gasteiger partial charge in [0.25, 0.3) is 0 Å². The van der Waals surface area contributed by atoms with E-state index in [2.05, 4.69) is 5.32 Å². The summed E-state index contributed by atoms with van der Waals surface area (Å²) >= 11 is 0. The van der Waals surface area contributed by atoms with Gasteiger partial charge in [-0.2, -0.15) is 0 Å². The van der Waals surface area contributed by atoms with Crippen LogP contribution in [0.25, 0.3) is 0 Å². The van der Waals surface area contributed by atoms with E-state index in [1.165, 1.54) is 0 Å². The first-order valence-corrected chi connectivity index (χ1v) is 7.93. The molecule has 1 atom stereocenters. The van der Waals surface area contributed by atoms with E-state index in [1.54, 1.807) is 20.8 Å². The number of carbonyl (C=O) groups is 2. The number of hydrogen-bond acceptors (Lipinski definition) is 3. The van der Waals surface area contributed by atoms with Gasteiger partial charge in [0.2, 0.25) is 0 Å². The fourth-order valence-corrected chi connectivity index (χ4v) is 2.31. The molecule has 2 N–H and O–H groups in total. The smallest absolute Gasteiger partial charge is 0.407 e. The number of rotatable bonds is 7.